The van der Waals surface area contributed by atoms with Crippen LogP contribution < -0.4 is 0 Å². The first kappa shape index (κ1) is 12.3. The summed E-state index contributed by atoms with van der Waals surface area (Å²) >= 11 is 0. The summed E-state index contributed by atoms with van der Waals surface area (Å²) in [6, 6.07) is 0. The lowest BCUT2D eigenvalue weighted by atomic mass is 10.2. The molecule has 0 aliphatic heterocycles. The molecule has 2 nitrogen and oxygen atoms in total. The first-order valence-electron chi connectivity index (χ1n) is 5.93. The summed E-state index contributed by atoms with van der Waals surface area (Å²) < 4.78 is 0. The van der Waals surface area contributed by atoms with Crippen LogP contribution in [0.4, 0.5) is 0 Å². The van der Waals surface area contributed by atoms with Crippen LogP contribution in [0, 0.1) is 11.8 Å². The van der Waals surface area contributed by atoms with Gasteiger partial charge in [-0.1, -0.05) is 25.5 Å². The Bertz CT molecular complexity index is 247. The Labute approximate surface area is 93.3 Å². The lowest BCUT2D eigenvalue weighted by Gasteiger charge is -2.23. The van der Waals surface area contributed by atoms with E-state index in [1.165, 1.54) is 5.57 Å². The molecule has 0 atom stereocenters. The molecule has 0 saturated heterocycles. The zero-order valence-corrected chi connectivity index (χ0v) is 10.4. The second-order valence-electron chi connectivity index (χ2n) is 5.19. The predicted molar refractivity (Wildman–Crippen MR) is 63.6 cm³/mol. The number of carbonyl (C=O) groups is 1. The second-order valence-corrected chi connectivity index (χ2v) is 5.19. The summed E-state index contributed by atoms with van der Waals surface area (Å²) in [7, 11) is 0. The van der Waals surface area contributed by atoms with Gasteiger partial charge >= 0.3 is 0 Å². The van der Waals surface area contributed by atoms with Crippen molar-refractivity contribution in [3.05, 3.63) is 11.6 Å². The zero-order valence-electron chi connectivity index (χ0n) is 10.4. The van der Waals surface area contributed by atoms with Crippen LogP contribution in [-0.4, -0.2) is 23.9 Å². The van der Waals surface area contributed by atoms with E-state index in [2.05, 4.69) is 33.8 Å². The lowest BCUT2D eigenvalue weighted by Crippen LogP contribution is -2.35. The maximum Gasteiger partial charge on any atom is 0.225 e. The molecule has 1 amide bonds. The highest BCUT2D eigenvalue weighted by Gasteiger charge is 2.33. The minimum absolute atomic E-state index is 0.342. The summed E-state index contributed by atoms with van der Waals surface area (Å²) in [5.41, 5.74) is 1.28. The van der Waals surface area contributed by atoms with Crippen molar-refractivity contribution in [1.82, 2.24) is 4.90 Å². The predicted octanol–water partition coefficient (Wildman–Crippen LogP) is 2.85. The van der Waals surface area contributed by atoms with E-state index in [0.29, 0.717) is 17.7 Å². The van der Waals surface area contributed by atoms with E-state index in [-0.39, 0.29) is 0 Å². The van der Waals surface area contributed by atoms with E-state index in [1.54, 1.807) is 0 Å². The van der Waals surface area contributed by atoms with Gasteiger partial charge in [0.2, 0.25) is 5.91 Å². The highest BCUT2D eigenvalue weighted by molar-refractivity contribution is 5.81. The standard InChI is InChI=1S/C13H23NO/c1-10(2)7-8-14(9-11(3)4)13(15)12-5-6-12/h7,11-12H,5-6,8-9H2,1-4H3. The molecule has 1 fully saturated rings. The minimum atomic E-state index is 0.342. The maximum atomic E-state index is 12.0. The molecule has 0 radical (unpaired) electrons. The van der Waals surface area contributed by atoms with Crippen molar-refractivity contribution in [2.45, 2.75) is 40.5 Å². The first-order valence-corrected chi connectivity index (χ1v) is 5.93. The van der Waals surface area contributed by atoms with Crippen LogP contribution in [0.25, 0.3) is 0 Å². The SMILES string of the molecule is CC(C)=CCN(CC(C)C)C(=O)C1CC1. The molecule has 15 heavy (non-hydrogen) atoms. The van der Waals surface area contributed by atoms with Crippen LogP contribution in [0.5, 0.6) is 0 Å². The average molecular weight is 209 g/mol. The smallest absolute Gasteiger partial charge is 0.225 e. The molecule has 0 bridgehead atoms. The van der Waals surface area contributed by atoms with Crippen LogP contribution in [0.1, 0.15) is 40.5 Å². The van der Waals surface area contributed by atoms with E-state index in [9.17, 15) is 4.79 Å². The van der Waals surface area contributed by atoms with E-state index in [0.717, 1.165) is 25.9 Å². The van der Waals surface area contributed by atoms with Gasteiger partial charge in [0.05, 0.1) is 0 Å². The number of rotatable bonds is 5. The molecule has 1 aliphatic carbocycles. The van der Waals surface area contributed by atoms with Crippen LogP contribution >= 0.6 is 0 Å². The zero-order chi connectivity index (χ0) is 11.4. The molecule has 1 rings (SSSR count). The quantitative estimate of drug-likeness (QED) is 0.638. The van der Waals surface area contributed by atoms with E-state index in [4.69, 9.17) is 0 Å². The Hall–Kier alpha value is -0.790. The summed E-state index contributed by atoms with van der Waals surface area (Å²) in [4.78, 5) is 14.0. The third kappa shape index (κ3) is 4.50. The van der Waals surface area contributed by atoms with Crippen molar-refractivity contribution in [3.8, 4) is 0 Å². The lowest BCUT2D eigenvalue weighted by molar-refractivity contribution is -0.132. The number of amides is 1. The van der Waals surface area contributed by atoms with Gasteiger partial charge in [0.25, 0.3) is 0 Å². The number of nitrogens with zero attached hydrogens (tertiary/aromatic N) is 1. The molecule has 1 aliphatic rings. The molecule has 86 valence electrons. The Morgan fingerprint density at radius 1 is 1.40 bits per heavy atom. The molecular weight excluding hydrogens is 186 g/mol. The van der Waals surface area contributed by atoms with E-state index in [1.807, 2.05) is 4.90 Å². The number of hydrogen-bond donors (Lipinski definition) is 0. The van der Waals surface area contributed by atoms with E-state index < -0.39 is 0 Å². The summed E-state index contributed by atoms with van der Waals surface area (Å²) in [6.45, 7) is 10.2. The minimum Gasteiger partial charge on any atom is -0.338 e. The van der Waals surface area contributed by atoms with Crippen molar-refractivity contribution in [3.63, 3.8) is 0 Å². The number of carbonyl (C=O) groups excluding carboxylic acids is 1. The van der Waals surface area contributed by atoms with Crippen LogP contribution in [0.15, 0.2) is 11.6 Å². The fraction of sp³-hybridized carbons (Fsp3) is 0.769. The fourth-order valence-electron chi connectivity index (χ4n) is 1.58. The molecule has 0 aromatic carbocycles. The van der Waals surface area contributed by atoms with Crippen LogP contribution in [0.2, 0.25) is 0 Å². The van der Waals surface area contributed by atoms with Crippen molar-refractivity contribution in [2.75, 3.05) is 13.1 Å². The topological polar surface area (TPSA) is 20.3 Å². The van der Waals surface area contributed by atoms with Gasteiger partial charge in [-0.05, 0) is 32.6 Å². The Kier molecular flexibility index (Phi) is 4.37. The van der Waals surface area contributed by atoms with Crippen molar-refractivity contribution in [1.29, 1.82) is 0 Å². The highest BCUT2D eigenvalue weighted by atomic mass is 16.2. The molecular formula is C13H23NO. The molecule has 0 N–H and O–H groups in total. The van der Waals surface area contributed by atoms with Crippen LogP contribution in [0.3, 0.4) is 0 Å². The molecule has 0 spiro atoms. The summed E-state index contributed by atoms with van der Waals surface area (Å²) in [5.74, 6) is 1.26. The van der Waals surface area contributed by atoms with Gasteiger partial charge in [0.1, 0.15) is 0 Å². The molecule has 0 aromatic heterocycles. The van der Waals surface area contributed by atoms with Gasteiger partial charge in [-0.15, -0.1) is 0 Å². The third-order valence-corrected chi connectivity index (χ3v) is 2.54. The molecule has 0 unspecified atom stereocenters. The molecule has 0 aromatic rings. The number of hydrogen-bond acceptors (Lipinski definition) is 1. The summed E-state index contributed by atoms with van der Waals surface area (Å²) in [5, 5.41) is 0. The fourth-order valence-corrected chi connectivity index (χ4v) is 1.58. The number of allylic oxidation sites excluding steroid dienone is 1. The molecule has 2 heteroatoms. The van der Waals surface area contributed by atoms with Crippen molar-refractivity contribution >= 4 is 5.91 Å². The van der Waals surface area contributed by atoms with Crippen molar-refractivity contribution < 1.29 is 4.79 Å². The summed E-state index contributed by atoms with van der Waals surface area (Å²) in [6.07, 6.45) is 4.34. The normalized spacial score (nSPS) is 15.3. The monoisotopic (exact) mass is 209 g/mol. The third-order valence-electron chi connectivity index (χ3n) is 2.54. The average Bonchev–Trinajstić information content (AvgIpc) is 2.93. The van der Waals surface area contributed by atoms with Gasteiger partial charge in [0.15, 0.2) is 0 Å². The molecule has 1 saturated carbocycles. The highest BCUT2D eigenvalue weighted by Crippen LogP contribution is 2.31. The van der Waals surface area contributed by atoms with Crippen LogP contribution in [-0.2, 0) is 4.79 Å². The van der Waals surface area contributed by atoms with Gasteiger partial charge in [-0.25, -0.2) is 0 Å². The van der Waals surface area contributed by atoms with Gasteiger partial charge in [0, 0.05) is 19.0 Å². The maximum absolute atomic E-state index is 12.0. The van der Waals surface area contributed by atoms with Gasteiger partial charge < -0.3 is 4.90 Å². The first-order chi connectivity index (χ1) is 7.00. The van der Waals surface area contributed by atoms with Gasteiger partial charge in [-0.3, -0.25) is 4.79 Å². The largest absolute Gasteiger partial charge is 0.338 e. The Balaban J connectivity index is 2.51. The second kappa shape index (κ2) is 5.34. The Morgan fingerprint density at radius 3 is 2.40 bits per heavy atom. The van der Waals surface area contributed by atoms with Gasteiger partial charge in [-0.2, -0.15) is 0 Å². The molecule has 0 heterocycles. The van der Waals surface area contributed by atoms with Crippen molar-refractivity contribution in [2.24, 2.45) is 11.8 Å². The Morgan fingerprint density at radius 2 is 2.00 bits per heavy atom. The van der Waals surface area contributed by atoms with E-state index >= 15 is 0 Å².